The molecule has 0 bridgehead atoms. The van der Waals surface area contributed by atoms with Gasteiger partial charge < -0.3 is 31.2 Å². The van der Waals surface area contributed by atoms with Crippen LogP contribution in [0.5, 0.6) is 11.5 Å². The molecule has 5 aromatic rings. The minimum atomic E-state index is -0.333. The average molecular weight is 499 g/mol. The Bertz CT molecular complexity index is 1630. The number of rotatable bonds is 5. The molecular weight excluding hydrogens is 472 g/mol. The lowest BCUT2D eigenvalue weighted by molar-refractivity contribution is 0.102. The number of ether oxygens (including phenoxy) is 1. The first-order valence-corrected chi connectivity index (χ1v) is 12.0. The van der Waals surface area contributed by atoms with Gasteiger partial charge in [0.05, 0.1) is 24.2 Å². The van der Waals surface area contributed by atoms with Gasteiger partial charge in [-0.3, -0.25) is 4.79 Å². The zero-order chi connectivity index (χ0) is 25.5. The second kappa shape index (κ2) is 9.10. The van der Waals surface area contributed by atoms with Crippen LogP contribution in [0.15, 0.2) is 48.8 Å². The van der Waals surface area contributed by atoms with Crippen molar-refractivity contribution in [3.05, 3.63) is 54.5 Å². The highest BCUT2D eigenvalue weighted by atomic mass is 16.5. The summed E-state index contributed by atoms with van der Waals surface area (Å²) >= 11 is 0. The number of aromatic amines is 1. The third kappa shape index (κ3) is 4.08. The molecule has 1 fully saturated rings. The van der Waals surface area contributed by atoms with E-state index in [1.54, 1.807) is 37.4 Å². The highest BCUT2D eigenvalue weighted by Crippen LogP contribution is 2.37. The number of anilines is 2. The van der Waals surface area contributed by atoms with Crippen molar-refractivity contribution in [2.45, 2.75) is 18.9 Å². The summed E-state index contributed by atoms with van der Waals surface area (Å²) in [5, 5.41) is 22.3. The summed E-state index contributed by atoms with van der Waals surface area (Å²) in [5.74, 6) is 0.637. The molecule has 188 valence electrons. The van der Waals surface area contributed by atoms with Gasteiger partial charge in [-0.25, -0.2) is 14.6 Å². The molecule has 1 aliphatic heterocycles. The van der Waals surface area contributed by atoms with Gasteiger partial charge in [0.1, 0.15) is 35.0 Å². The van der Waals surface area contributed by atoms with E-state index in [-0.39, 0.29) is 17.7 Å². The van der Waals surface area contributed by atoms with Crippen molar-refractivity contribution in [3.8, 4) is 22.8 Å². The fourth-order valence-electron chi connectivity index (χ4n) is 4.88. The highest BCUT2D eigenvalue weighted by Gasteiger charge is 2.24. The number of aromatic nitrogens is 5. The Kier molecular flexibility index (Phi) is 5.61. The second-order valence-electron chi connectivity index (χ2n) is 9.06. The minimum Gasteiger partial charge on any atom is -0.508 e. The lowest BCUT2D eigenvalue weighted by Gasteiger charge is -2.23. The van der Waals surface area contributed by atoms with E-state index in [2.05, 4.69) is 25.6 Å². The van der Waals surface area contributed by atoms with Crippen molar-refractivity contribution in [1.82, 2.24) is 30.0 Å². The van der Waals surface area contributed by atoms with Crippen molar-refractivity contribution in [2.24, 2.45) is 0 Å². The fourth-order valence-corrected chi connectivity index (χ4v) is 4.88. The summed E-state index contributed by atoms with van der Waals surface area (Å²) in [6, 6.07) is 12.2. The largest absolute Gasteiger partial charge is 0.508 e. The Hall–Kier alpha value is -4.64. The summed E-state index contributed by atoms with van der Waals surface area (Å²) in [7, 11) is 1.55. The predicted octanol–water partition coefficient (Wildman–Crippen LogP) is 3.45. The maximum absolute atomic E-state index is 13.0. The molecule has 0 spiro atoms. The minimum absolute atomic E-state index is 0.136. The second-order valence-corrected chi connectivity index (χ2v) is 9.06. The van der Waals surface area contributed by atoms with E-state index >= 15 is 0 Å². The highest BCUT2D eigenvalue weighted by molar-refractivity contribution is 6.07. The van der Waals surface area contributed by atoms with Crippen LogP contribution in [0.2, 0.25) is 0 Å². The monoisotopic (exact) mass is 498 g/mol. The Labute approximate surface area is 211 Å². The van der Waals surface area contributed by atoms with Crippen molar-refractivity contribution in [1.29, 1.82) is 0 Å². The number of phenolic OH excluding ortho intramolecular Hbond substituents is 1. The molecule has 11 nitrogen and oxygen atoms in total. The maximum Gasteiger partial charge on any atom is 0.272 e. The SMILES string of the molecule is COc1cc(-c2nn(C3CCNCC3)c3ncnc(N)c23)ccc1NC(=O)c1cc2cc(O)ccc2[nH]1. The topological polar surface area (TPSA) is 156 Å². The molecule has 6 N–H and O–H groups in total. The van der Waals surface area contributed by atoms with Crippen molar-refractivity contribution < 1.29 is 14.6 Å². The van der Waals surface area contributed by atoms with Gasteiger partial charge in [0.2, 0.25) is 0 Å². The summed E-state index contributed by atoms with van der Waals surface area (Å²) in [6.45, 7) is 1.84. The number of hydrogen-bond acceptors (Lipinski definition) is 8. The van der Waals surface area contributed by atoms with Gasteiger partial charge in [-0.2, -0.15) is 5.10 Å². The predicted molar refractivity (Wildman–Crippen MR) is 141 cm³/mol. The molecule has 0 unspecified atom stereocenters. The van der Waals surface area contributed by atoms with E-state index in [4.69, 9.17) is 15.6 Å². The van der Waals surface area contributed by atoms with Gasteiger partial charge in [-0.15, -0.1) is 0 Å². The molecule has 1 amide bonds. The molecule has 3 aromatic heterocycles. The Balaban J connectivity index is 1.35. The number of nitrogens with two attached hydrogens (primary N) is 1. The number of aromatic hydroxyl groups is 1. The summed E-state index contributed by atoms with van der Waals surface area (Å²) in [5.41, 5.74) is 10.0. The van der Waals surface area contributed by atoms with Gasteiger partial charge in [0.15, 0.2) is 5.65 Å². The number of methoxy groups -OCH3 is 1. The van der Waals surface area contributed by atoms with Gasteiger partial charge in [-0.05, 0) is 62.3 Å². The number of nitrogen functional groups attached to an aromatic ring is 1. The van der Waals surface area contributed by atoms with Crippen LogP contribution < -0.4 is 21.1 Å². The van der Waals surface area contributed by atoms with Gasteiger partial charge in [0, 0.05) is 16.5 Å². The van der Waals surface area contributed by atoms with E-state index in [0.29, 0.717) is 39.7 Å². The van der Waals surface area contributed by atoms with Crippen LogP contribution in [0.4, 0.5) is 11.5 Å². The van der Waals surface area contributed by atoms with E-state index in [0.717, 1.165) is 42.4 Å². The number of fused-ring (bicyclic) bond motifs is 2. The van der Waals surface area contributed by atoms with Gasteiger partial charge in [0.25, 0.3) is 5.91 Å². The van der Waals surface area contributed by atoms with Crippen LogP contribution >= 0.6 is 0 Å². The van der Waals surface area contributed by atoms with Crippen molar-refractivity contribution in [2.75, 3.05) is 31.2 Å². The number of nitrogens with zero attached hydrogens (tertiary/aromatic N) is 4. The maximum atomic E-state index is 13.0. The number of carbonyl (C=O) groups is 1. The van der Waals surface area contributed by atoms with Crippen LogP contribution in [0, 0.1) is 0 Å². The van der Waals surface area contributed by atoms with Crippen molar-refractivity contribution in [3.63, 3.8) is 0 Å². The molecule has 2 aromatic carbocycles. The normalized spacial score (nSPS) is 14.3. The summed E-state index contributed by atoms with van der Waals surface area (Å²) < 4.78 is 7.58. The molecule has 1 saturated heterocycles. The summed E-state index contributed by atoms with van der Waals surface area (Å²) in [6.07, 6.45) is 3.36. The zero-order valence-electron chi connectivity index (χ0n) is 20.2. The molecule has 11 heteroatoms. The third-order valence-corrected chi connectivity index (χ3v) is 6.74. The number of H-pyrrole nitrogens is 1. The van der Waals surface area contributed by atoms with Crippen LogP contribution in [0.25, 0.3) is 33.2 Å². The Morgan fingerprint density at radius 3 is 2.81 bits per heavy atom. The summed E-state index contributed by atoms with van der Waals surface area (Å²) in [4.78, 5) is 24.7. The lowest BCUT2D eigenvalue weighted by Crippen LogP contribution is -2.30. The number of piperidine rings is 1. The number of amides is 1. The smallest absolute Gasteiger partial charge is 0.272 e. The zero-order valence-corrected chi connectivity index (χ0v) is 20.2. The molecule has 1 aliphatic rings. The molecule has 6 rings (SSSR count). The third-order valence-electron chi connectivity index (χ3n) is 6.74. The van der Waals surface area contributed by atoms with Gasteiger partial charge in [-0.1, -0.05) is 6.07 Å². The fraction of sp³-hybridized carbons (Fsp3) is 0.231. The first-order chi connectivity index (χ1) is 18.0. The molecule has 0 aliphatic carbocycles. The molecule has 0 saturated carbocycles. The quantitative estimate of drug-likeness (QED) is 0.247. The average Bonchev–Trinajstić information content (AvgIpc) is 3.52. The van der Waals surface area contributed by atoms with E-state index < -0.39 is 0 Å². The molecule has 37 heavy (non-hydrogen) atoms. The van der Waals surface area contributed by atoms with Crippen LogP contribution in [0.1, 0.15) is 29.4 Å². The first-order valence-electron chi connectivity index (χ1n) is 12.0. The van der Waals surface area contributed by atoms with E-state index in [1.165, 1.54) is 6.33 Å². The van der Waals surface area contributed by atoms with Crippen LogP contribution in [-0.4, -0.2) is 55.9 Å². The Morgan fingerprint density at radius 1 is 1.16 bits per heavy atom. The van der Waals surface area contributed by atoms with E-state index in [9.17, 15) is 9.90 Å². The first kappa shape index (κ1) is 22.8. The number of nitrogens with one attached hydrogen (secondary N) is 3. The molecular formula is C26H26N8O3. The number of carbonyl (C=O) groups excluding carboxylic acids is 1. The van der Waals surface area contributed by atoms with Crippen LogP contribution in [0.3, 0.4) is 0 Å². The van der Waals surface area contributed by atoms with Crippen LogP contribution in [-0.2, 0) is 0 Å². The molecule has 4 heterocycles. The number of hydrogen-bond donors (Lipinski definition) is 5. The van der Waals surface area contributed by atoms with Crippen molar-refractivity contribution >= 4 is 39.3 Å². The Morgan fingerprint density at radius 2 is 2.00 bits per heavy atom. The number of phenols is 1. The van der Waals surface area contributed by atoms with Gasteiger partial charge >= 0.3 is 0 Å². The lowest BCUT2D eigenvalue weighted by atomic mass is 10.1. The van der Waals surface area contributed by atoms with E-state index in [1.807, 2.05) is 16.8 Å². The standard InChI is InChI=1S/C26H26N8O3/c1-37-21-12-14(2-4-19(21)32-26(36)20-11-15-10-17(35)3-5-18(15)31-20)23-22-24(27)29-13-30-25(22)34(33-23)16-6-8-28-9-7-16/h2-5,10-13,16,28,31,35H,6-9H2,1H3,(H,32,36)(H2,27,29,30). The molecule has 0 atom stereocenters. The molecule has 0 radical (unpaired) electrons. The number of benzene rings is 2.